The SMILES string of the molecule is O=C(Nc1cccc(Cl)c1)c1nn[nH]n1. The molecule has 1 heterocycles. The molecule has 0 spiro atoms. The fourth-order valence-electron chi connectivity index (χ4n) is 1.01. The molecule has 15 heavy (non-hydrogen) atoms. The van der Waals surface area contributed by atoms with Gasteiger partial charge in [0.15, 0.2) is 0 Å². The van der Waals surface area contributed by atoms with Gasteiger partial charge >= 0.3 is 0 Å². The van der Waals surface area contributed by atoms with Crippen molar-refractivity contribution in [3.05, 3.63) is 35.1 Å². The Morgan fingerprint density at radius 2 is 2.33 bits per heavy atom. The van der Waals surface area contributed by atoms with E-state index in [9.17, 15) is 4.79 Å². The Morgan fingerprint density at radius 1 is 1.47 bits per heavy atom. The number of nitrogens with one attached hydrogen (secondary N) is 2. The van der Waals surface area contributed by atoms with Crippen molar-refractivity contribution in [1.82, 2.24) is 20.6 Å². The van der Waals surface area contributed by atoms with Gasteiger partial charge in [-0.05, 0) is 23.4 Å². The summed E-state index contributed by atoms with van der Waals surface area (Å²) in [7, 11) is 0. The average Bonchev–Trinajstić information content (AvgIpc) is 2.70. The third kappa shape index (κ3) is 2.29. The number of carbonyl (C=O) groups excluding carboxylic acids is 1. The van der Waals surface area contributed by atoms with E-state index in [1.807, 2.05) is 0 Å². The minimum absolute atomic E-state index is 0.0185. The minimum atomic E-state index is -0.439. The maximum absolute atomic E-state index is 11.4. The van der Waals surface area contributed by atoms with Gasteiger partial charge in [0, 0.05) is 10.7 Å². The first kappa shape index (κ1) is 9.60. The highest BCUT2D eigenvalue weighted by Crippen LogP contribution is 2.14. The fourth-order valence-corrected chi connectivity index (χ4v) is 1.20. The summed E-state index contributed by atoms with van der Waals surface area (Å²) < 4.78 is 0. The standard InChI is InChI=1S/C8H6ClN5O/c9-5-2-1-3-6(4-5)10-8(15)7-11-13-14-12-7/h1-4H,(H,10,15)(H,11,12,13,14). The number of aromatic amines is 1. The van der Waals surface area contributed by atoms with Crippen LogP contribution in [0.5, 0.6) is 0 Å². The quantitative estimate of drug-likeness (QED) is 0.799. The van der Waals surface area contributed by atoms with Crippen molar-refractivity contribution in [2.75, 3.05) is 5.32 Å². The minimum Gasteiger partial charge on any atom is -0.319 e. The van der Waals surface area contributed by atoms with E-state index in [0.717, 1.165) is 0 Å². The summed E-state index contributed by atoms with van der Waals surface area (Å²) in [5.74, 6) is -0.457. The molecule has 0 saturated heterocycles. The van der Waals surface area contributed by atoms with Crippen molar-refractivity contribution in [3.63, 3.8) is 0 Å². The van der Waals surface area contributed by atoms with Crippen LogP contribution in [0.4, 0.5) is 5.69 Å². The van der Waals surface area contributed by atoms with Gasteiger partial charge in [-0.3, -0.25) is 4.79 Å². The third-order valence-electron chi connectivity index (χ3n) is 1.63. The highest BCUT2D eigenvalue weighted by atomic mass is 35.5. The molecule has 0 atom stereocenters. The van der Waals surface area contributed by atoms with Gasteiger partial charge in [-0.25, -0.2) is 0 Å². The molecular formula is C8H6ClN5O. The molecule has 7 heteroatoms. The molecule has 2 aromatic rings. The molecule has 76 valence electrons. The van der Waals surface area contributed by atoms with Crippen LogP contribution in [0, 0.1) is 0 Å². The molecule has 0 saturated carbocycles. The summed E-state index contributed by atoms with van der Waals surface area (Å²) in [5.41, 5.74) is 0.581. The average molecular weight is 224 g/mol. The van der Waals surface area contributed by atoms with E-state index >= 15 is 0 Å². The number of carbonyl (C=O) groups is 1. The number of hydrogen-bond donors (Lipinski definition) is 2. The summed E-state index contributed by atoms with van der Waals surface area (Å²) in [6.07, 6.45) is 0. The zero-order valence-corrected chi connectivity index (χ0v) is 8.19. The number of anilines is 1. The smallest absolute Gasteiger partial charge is 0.297 e. The molecule has 0 aliphatic carbocycles. The Morgan fingerprint density at radius 3 is 3.00 bits per heavy atom. The normalized spacial score (nSPS) is 9.93. The Balaban J connectivity index is 2.13. The van der Waals surface area contributed by atoms with Crippen molar-refractivity contribution in [1.29, 1.82) is 0 Å². The van der Waals surface area contributed by atoms with Crippen LogP contribution in [0.25, 0.3) is 0 Å². The van der Waals surface area contributed by atoms with E-state index < -0.39 is 5.91 Å². The molecule has 2 rings (SSSR count). The van der Waals surface area contributed by atoms with Crippen molar-refractivity contribution in [3.8, 4) is 0 Å². The van der Waals surface area contributed by atoms with E-state index in [-0.39, 0.29) is 5.82 Å². The van der Waals surface area contributed by atoms with Gasteiger partial charge in [-0.1, -0.05) is 17.7 Å². The predicted octanol–water partition coefficient (Wildman–Crippen LogP) is 1.11. The maximum Gasteiger partial charge on any atom is 0.297 e. The Labute approximate surface area is 89.6 Å². The van der Waals surface area contributed by atoms with Crippen LogP contribution in [0.3, 0.4) is 0 Å². The van der Waals surface area contributed by atoms with Crippen LogP contribution in [-0.2, 0) is 0 Å². The molecule has 0 aliphatic heterocycles. The molecule has 1 aromatic heterocycles. The number of hydrogen-bond acceptors (Lipinski definition) is 4. The van der Waals surface area contributed by atoms with Gasteiger partial charge in [0.25, 0.3) is 11.7 Å². The van der Waals surface area contributed by atoms with Gasteiger partial charge < -0.3 is 5.32 Å². The van der Waals surface area contributed by atoms with Crippen LogP contribution in [0.2, 0.25) is 5.02 Å². The largest absolute Gasteiger partial charge is 0.319 e. The predicted molar refractivity (Wildman–Crippen MR) is 53.6 cm³/mol. The van der Waals surface area contributed by atoms with Crippen molar-refractivity contribution >= 4 is 23.2 Å². The lowest BCUT2D eigenvalue weighted by Gasteiger charge is -2.01. The second-order valence-corrected chi connectivity index (χ2v) is 3.14. The second kappa shape index (κ2) is 4.05. The second-order valence-electron chi connectivity index (χ2n) is 2.70. The molecule has 0 radical (unpaired) electrons. The lowest BCUT2D eigenvalue weighted by molar-refractivity contribution is 0.101. The van der Waals surface area contributed by atoms with E-state index in [1.165, 1.54) is 0 Å². The number of H-pyrrole nitrogens is 1. The van der Waals surface area contributed by atoms with Crippen LogP contribution < -0.4 is 5.32 Å². The monoisotopic (exact) mass is 223 g/mol. The molecule has 2 N–H and O–H groups in total. The van der Waals surface area contributed by atoms with E-state index in [2.05, 4.69) is 25.9 Å². The Hall–Kier alpha value is -1.95. The number of nitrogens with zero attached hydrogens (tertiary/aromatic N) is 3. The first-order valence-electron chi connectivity index (χ1n) is 4.06. The molecule has 1 amide bonds. The van der Waals surface area contributed by atoms with E-state index in [0.29, 0.717) is 10.7 Å². The van der Waals surface area contributed by atoms with Crippen LogP contribution in [-0.4, -0.2) is 26.5 Å². The topological polar surface area (TPSA) is 83.6 Å². The van der Waals surface area contributed by atoms with Crippen molar-refractivity contribution < 1.29 is 4.79 Å². The lowest BCUT2D eigenvalue weighted by Crippen LogP contribution is -2.13. The van der Waals surface area contributed by atoms with Gasteiger partial charge in [-0.15, -0.1) is 10.2 Å². The zero-order valence-electron chi connectivity index (χ0n) is 7.44. The van der Waals surface area contributed by atoms with Crippen LogP contribution >= 0.6 is 11.6 Å². The van der Waals surface area contributed by atoms with Gasteiger partial charge in [0.1, 0.15) is 0 Å². The Kier molecular flexibility index (Phi) is 2.59. The van der Waals surface area contributed by atoms with Crippen molar-refractivity contribution in [2.45, 2.75) is 0 Å². The third-order valence-corrected chi connectivity index (χ3v) is 1.87. The maximum atomic E-state index is 11.4. The lowest BCUT2D eigenvalue weighted by atomic mass is 10.3. The molecule has 1 aromatic carbocycles. The summed E-state index contributed by atoms with van der Waals surface area (Å²) in [5, 5.41) is 15.7. The summed E-state index contributed by atoms with van der Waals surface area (Å²) in [4.78, 5) is 11.4. The number of aromatic nitrogens is 4. The van der Waals surface area contributed by atoms with Gasteiger partial charge in [0.2, 0.25) is 0 Å². The van der Waals surface area contributed by atoms with Gasteiger partial charge in [0.05, 0.1) is 0 Å². The van der Waals surface area contributed by atoms with Crippen LogP contribution in [0.15, 0.2) is 24.3 Å². The molecule has 0 unspecified atom stereocenters. The highest BCUT2D eigenvalue weighted by molar-refractivity contribution is 6.30. The van der Waals surface area contributed by atoms with Gasteiger partial charge in [-0.2, -0.15) is 5.21 Å². The summed E-state index contributed by atoms with van der Waals surface area (Å²) >= 11 is 5.75. The fraction of sp³-hybridized carbons (Fsp3) is 0. The van der Waals surface area contributed by atoms with E-state index in [4.69, 9.17) is 11.6 Å². The summed E-state index contributed by atoms with van der Waals surface area (Å²) in [6, 6.07) is 6.78. The molecule has 6 nitrogen and oxygen atoms in total. The first-order chi connectivity index (χ1) is 7.25. The molecule has 0 fully saturated rings. The number of amides is 1. The van der Waals surface area contributed by atoms with Crippen LogP contribution in [0.1, 0.15) is 10.6 Å². The highest BCUT2D eigenvalue weighted by Gasteiger charge is 2.10. The number of halogens is 1. The number of benzene rings is 1. The number of tetrazole rings is 1. The Bertz CT molecular complexity index is 470. The molecular weight excluding hydrogens is 218 g/mol. The van der Waals surface area contributed by atoms with Crippen molar-refractivity contribution in [2.24, 2.45) is 0 Å². The summed E-state index contributed by atoms with van der Waals surface area (Å²) in [6.45, 7) is 0. The first-order valence-corrected chi connectivity index (χ1v) is 4.44. The molecule has 0 bridgehead atoms. The molecule has 0 aliphatic rings. The zero-order chi connectivity index (χ0) is 10.7. The van der Waals surface area contributed by atoms with E-state index in [1.54, 1.807) is 24.3 Å². The number of rotatable bonds is 2.